The van der Waals surface area contributed by atoms with Gasteiger partial charge in [0.25, 0.3) is 0 Å². The maximum atomic E-state index is 12.5. The van der Waals surface area contributed by atoms with Gasteiger partial charge in [-0.15, -0.1) is 0 Å². The van der Waals surface area contributed by atoms with Crippen LogP contribution in [-0.4, -0.2) is 25.0 Å². The van der Waals surface area contributed by atoms with Gasteiger partial charge in [-0.25, -0.2) is 13.1 Å². The Kier molecular flexibility index (Phi) is 3.88. The molecule has 0 saturated heterocycles. The summed E-state index contributed by atoms with van der Waals surface area (Å²) in [5, 5.41) is 8.95. The van der Waals surface area contributed by atoms with Gasteiger partial charge in [-0.2, -0.15) is 0 Å². The van der Waals surface area contributed by atoms with Crippen molar-refractivity contribution in [2.24, 2.45) is 0 Å². The van der Waals surface area contributed by atoms with E-state index in [1.807, 2.05) is 13.0 Å². The molecule has 0 aromatic heterocycles. The van der Waals surface area contributed by atoms with Gasteiger partial charge in [-0.3, -0.25) is 4.79 Å². The molecule has 1 aliphatic rings. The molecule has 1 aliphatic carbocycles. The number of aryl methyl sites for hydroxylation is 2. The molecule has 5 nitrogen and oxygen atoms in total. The van der Waals surface area contributed by atoms with Gasteiger partial charge >= 0.3 is 5.97 Å². The second-order valence-corrected chi connectivity index (χ2v) is 7.23. The van der Waals surface area contributed by atoms with E-state index in [0.29, 0.717) is 18.4 Å². The highest BCUT2D eigenvalue weighted by atomic mass is 32.2. The van der Waals surface area contributed by atoms with Crippen molar-refractivity contribution < 1.29 is 18.3 Å². The quantitative estimate of drug-likeness (QED) is 0.870. The van der Waals surface area contributed by atoms with Gasteiger partial charge in [0.1, 0.15) is 0 Å². The molecule has 0 radical (unpaired) electrons. The molecule has 0 heterocycles. The first-order chi connectivity index (χ1) is 9.24. The number of aliphatic carboxylic acids is 1. The molecule has 2 N–H and O–H groups in total. The van der Waals surface area contributed by atoms with Gasteiger partial charge in [0.2, 0.25) is 10.0 Å². The van der Waals surface area contributed by atoms with E-state index < -0.39 is 21.5 Å². The summed E-state index contributed by atoms with van der Waals surface area (Å²) in [5.74, 6) is -0.978. The summed E-state index contributed by atoms with van der Waals surface area (Å²) in [5.41, 5.74) is 0.700. The zero-order valence-corrected chi connectivity index (χ0v) is 12.5. The molecular weight excluding hydrogens is 278 g/mol. The fraction of sp³-hybridized carbons (Fsp3) is 0.500. The van der Waals surface area contributed by atoms with Crippen LogP contribution in [-0.2, 0) is 14.8 Å². The summed E-state index contributed by atoms with van der Waals surface area (Å²) in [4.78, 5) is 11.1. The molecule has 0 amide bonds. The molecule has 0 atom stereocenters. The Balaban J connectivity index is 2.31. The molecular formula is C14H19NO4S. The van der Waals surface area contributed by atoms with E-state index in [1.54, 1.807) is 19.1 Å². The maximum absolute atomic E-state index is 12.5. The summed E-state index contributed by atoms with van der Waals surface area (Å²) in [6, 6.07) is 5.23. The van der Waals surface area contributed by atoms with Crippen LogP contribution in [0.1, 0.15) is 36.8 Å². The predicted octanol–water partition coefficient (Wildman–Crippen LogP) is 1.98. The Morgan fingerprint density at radius 2 is 2.00 bits per heavy atom. The zero-order valence-electron chi connectivity index (χ0n) is 11.6. The number of carboxylic acids is 1. The lowest BCUT2D eigenvalue weighted by atomic mass is 9.75. The van der Waals surface area contributed by atoms with Crippen molar-refractivity contribution in [3.63, 3.8) is 0 Å². The minimum Gasteiger partial charge on any atom is -0.481 e. The van der Waals surface area contributed by atoms with Crippen LogP contribution in [0.4, 0.5) is 0 Å². The highest BCUT2D eigenvalue weighted by Crippen LogP contribution is 2.36. The number of sulfonamides is 1. The number of carbonyl (C=O) groups is 1. The summed E-state index contributed by atoms with van der Waals surface area (Å²) < 4.78 is 27.6. The fourth-order valence-electron chi connectivity index (χ4n) is 2.54. The third-order valence-corrected chi connectivity index (χ3v) is 5.50. The van der Waals surface area contributed by atoms with Crippen LogP contribution in [0.3, 0.4) is 0 Å². The van der Waals surface area contributed by atoms with Crippen molar-refractivity contribution >= 4 is 16.0 Å². The van der Waals surface area contributed by atoms with Crippen molar-refractivity contribution in [2.45, 2.75) is 50.0 Å². The Bertz CT molecular complexity index is 633. The normalized spacial score (nSPS) is 17.5. The fourth-order valence-corrected chi connectivity index (χ4v) is 4.33. The van der Waals surface area contributed by atoms with E-state index in [4.69, 9.17) is 5.11 Å². The van der Waals surface area contributed by atoms with Gasteiger partial charge in [-0.1, -0.05) is 12.1 Å². The van der Waals surface area contributed by atoms with Crippen molar-refractivity contribution in [3.8, 4) is 0 Å². The second-order valence-electron chi connectivity index (χ2n) is 5.58. The van der Waals surface area contributed by atoms with Crippen LogP contribution in [0.2, 0.25) is 0 Å². The largest absolute Gasteiger partial charge is 0.481 e. The molecule has 1 aromatic carbocycles. The number of nitrogens with one attached hydrogen (secondary N) is 1. The SMILES string of the molecule is Cc1ccc(C)c(S(=O)(=O)NC2(CC(=O)O)CCC2)c1. The molecule has 20 heavy (non-hydrogen) atoms. The Morgan fingerprint density at radius 1 is 1.35 bits per heavy atom. The van der Waals surface area contributed by atoms with E-state index in [2.05, 4.69) is 4.72 Å². The first-order valence-corrected chi connectivity index (χ1v) is 8.05. The number of carboxylic acid groups (broad SMARTS) is 1. The van der Waals surface area contributed by atoms with Crippen LogP contribution < -0.4 is 4.72 Å². The van der Waals surface area contributed by atoms with Crippen LogP contribution >= 0.6 is 0 Å². The number of benzene rings is 1. The molecule has 0 unspecified atom stereocenters. The molecule has 0 bridgehead atoms. The van der Waals surface area contributed by atoms with E-state index in [0.717, 1.165) is 12.0 Å². The van der Waals surface area contributed by atoms with E-state index >= 15 is 0 Å². The summed E-state index contributed by atoms with van der Waals surface area (Å²) in [6.07, 6.45) is 1.83. The highest BCUT2D eigenvalue weighted by molar-refractivity contribution is 7.89. The van der Waals surface area contributed by atoms with Gasteiger partial charge in [0.05, 0.1) is 11.3 Å². The average Bonchev–Trinajstić information content (AvgIpc) is 2.28. The standard InChI is InChI=1S/C14H19NO4S/c1-10-4-5-11(2)12(8-10)20(18,19)15-14(6-3-7-14)9-13(16)17/h4-5,8,15H,3,6-7,9H2,1-2H3,(H,16,17). The number of rotatable bonds is 5. The van der Waals surface area contributed by atoms with E-state index in [-0.39, 0.29) is 11.3 Å². The lowest BCUT2D eigenvalue weighted by molar-refractivity contribution is -0.139. The molecule has 0 spiro atoms. The van der Waals surface area contributed by atoms with Crippen LogP contribution in [0, 0.1) is 13.8 Å². The molecule has 110 valence electrons. The van der Waals surface area contributed by atoms with Crippen molar-refractivity contribution in [3.05, 3.63) is 29.3 Å². The molecule has 1 fully saturated rings. The zero-order chi connectivity index (χ0) is 15.0. The second kappa shape index (κ2) is 5.18. The van der Waals surface area contributed by atoms with Crippen LogP contribution in [0.15, 0.2) is 23.1 Å². The van der Waals surface area contributed by atoms with Crippen LogP contribution in [0.25, 0.3) is 0 Å². The topological polar surface area (TPSA) is 83.5 Å². The molecule has 1 aromatic rings. The molecule has 1 saturated carbocycles. The summed E-state index contributed by atoms with van der Waals surface area (Å²) in [6.45, 7) is 3.56. The minimum atomic E-state index is -3.69. The Morgan fingerprint density at radius 3 is 2.50 bits per heavy atom. The highest BCUT2D eigenvalue weighted by Gasteiger charge is 2.42. The lowest BCUT2D eigenvalue weighted by Crippen LogP contribution is -2.54. The first-order valence-electron chi connectivity index (χ1n) is 6.57. The van der Waals surface area contributed by atoms with E-state index in [9.17, 15) is 13.2 Å². The third-order valence-electron chi connectivity index (χ3n) is 3.78. The Hall–Kier alpha value is -1.40. The minimum absolute atomic E-state index is 0.170. The van der Waals surface area contributed by atoms with Gasteiger partial charge in [0, 0.05) is 5.54 Å². The molecule has 6 heteroatoms. The summed E-state index contributed by atoms with van der Waals surface area (Å²) >= 11 is 0. The number of hydrogen-bond acceptors (Lipinski definition) is 3. The summed E-state index contributed by atoms with van der Waals surface area (Å²) in [7, 11) is -3.69. The third kappa shape index (κ3) is 3.02. The van der Waals surface area contributed by atoms with Gasteiger partial charge in [0.15, 0.2) is 0 Å². The average molecular weight is 297 g/mol. The van der Waals surface area contributed by atoms with Gasteiger partial charge < -0.3 is 5.11 Å². The maximum Gasteiger partial charge on any atom is 0.305 e. The van der Waals surface area contributed by atoms with Crippen molar-refractivity contribution in [1.82, 2.24) is 4.72 Å². The van der Waals surface area contributed by atoms with Gasteiger partial charge in [-0.05, 0) is 50.3 Å². The number of hydrogen-bond donors (Lipinski definition) is 2. The Labute approximate surface area is 119 Å². The smallest absolute Gasteiger partial charge is 0.305 e. The first kappa shape index (κ1) is 15.0. The van der Waals surface area contributed by atoms with Crippen LogP contribution in [0.5, 0.6) is 0 Å². The monoisotopic (exact) mass is 297 g/mol. The van der Waals surface area contributed by atoms with Crippen molar-refractivity contribution in [2.75, 3.05) is 0 Å². The predicted molar refractivity (Wildman–Crippen MR) is 75.1 cm³/mol. The van der Waals surface area contributed by atoms with Crippen molar-refractivity contribution in [1.29, 1.82) is 0 Å². The molecule has 0 aliphatic heterocycles. The lowest BCUT2D eigenvalue weighted by Gasteiger charge is -2.41. The van der Waals surface area contributed by atoms with E-state index in [1.165, 1.54) is 0 Å². The molecule has 2 rings (SSSR count).